The zero-order valence-electron chi connectivity index (χ0n) is 17.9. The van der Waals surface area contributed by atoms with Crippen LogP contribution in [0, 0.1) is 5.41 Å². The highest BCUT2D eigenvalue weighted by Gasteiger charge is 2.51. The lowest BCUT2D eigenvalue weighted by Crippen LogP contribution is -2.57. The molecule has 2 aliphatic heterocycles. The molecule has 2 heterocycles. The van der Waals surface area contributed by atoms with Crippen LogP contribution in [0.5, 0.6) is 0 Å². The minimum atomic E-state index is -1.36. The number of amides is 2. The summed E-state index contributed by atoms with van der Waals surface area (Å²) in [5.74, 6) is -0.0308. The summed E-state index contributed by atoms with van der Waals surface area (Å²) >= 11 is 0. The Morgan fingerprint density at radius 3 is 2.39 bits per heavy atom. The average Bonchev–Trinajstić information content (AvgIpc) is 3.04. The van der Waals surface area contributed by atoms with Crippen molar-refractivity contribution < 1.29 is 18.7 Å². The number of alkyl halides is 1. The lowest BCUT2D eigenvalue weighted by molar-refractivity contribution is -0.134. The molecule has 160 valence electrons. The van der Waals surface area contributed by atoms with Crippen LogP contribution >= 0.6 is 0 Å². The van der Waals surface area contributed by atoms with E-state index in [4.69, 9.17) is 4.74 Å². The second-order valence-electron chi connectivity index (χ2n) is 9.57. The highest BCUT2D eigenvalue weighted by Crippen LogP contribution is 2.50. The van der Waals surface area contributed by atoms with Gasteiger partial charge in [-0.1, -0.05) is 0 Å². The van der Waals surface area contributed by atoms with Crippen LogP contribution in [-0.2, 0) is 9.53 Å². The number of carbonyl (C=O) groups excluding carboxylic acids is 2. The van der Waals surface area contributed by atoms with Crippen molar-refractivity contribution in [2.24, 2.45) is 5.41 Å². The summed E-state index contributed by atoms with van der Waals surface area (Å²) in [6.45, 7) is 10.6. The van der Waals surface area contributed by atoms with E-state index in [2.05, 4.69) is 4.90 Å². The maximum Gasteiger partial charge on any atom is 0.409 e. The van der Waals surface area contributed by atoms with E-state index < -0.39 is 5.67 Å². The summed E-state index contributed by atoms with van der Waals surface area (Å²) in [5.41, 5.74) is -1.09. The number of carbonyl (C=O) groups is 2. The van der Waals surface area contributed by atoms with Gasteiger partial charge in [-0.15, -0.1) is 0 Å². The molecule has 1 aliphatic carbocycles. The van der Waals surface area contributed by atoms with Crippen LogP contribution in [-0.4, -0.2) is 83.8 Å². The molecule has 6 nitrogen and oxygen atoms in total. The van der Waals surface area contributed by atoms with E-state index in [0.29, 0.717) is 12.6 Å². The number of hydrogen-bond acceptors (Lipinski definition) is 4. The van der Waals surface area contributed by atoms with E-state index in [-0.39, 0.29) is 30.0 Å². The normalized spacial score (nSPS) is 29.0. The van der Waals surface area contributed by atoms with Gasteiger partial charge in [0.05, 0.1) is 13.2 Å². The number of halogens is 1. The molecule has 0 aromatic rings. The SMILES string of the molecule is CCOC(=O)N1CCC2(CC(N3CCC(N(CC(C)(C)F)C(C)=O)CC3)C2)C1. The lowest BCUT2D eigenvalue weighted by atomic mass is 9.64. The number of rotatable bonds is 5. The molecule has 28 heavy (non-hydrogen) atoms. The summed E-state index contributed by atoms with van der Waals surface area (Å²) in [4.78, 5) is 30.1. The van der Waals surface area contributed by atoms with Crippen LogP contribution in [0.1, 0.15) is 59.8 Å². The fourth-order valence-corrected chi connectivity index (χ4v) is 5.30. The van der Waals surface area contributed by atoms with Crippen molar-refractivity contribution in [3.05, 3.63) is 0 Å². The molecular weight excluding hydrogens is 361 g/mol. The summed E-state index contributed by atoms with van der Waals surface area (Å²) in [6, 6.07) is 0.718. The van der Waals surface area contributed by atoms with Gasteiger partial charge in [0.25, 0.3) is 0 Å². The summed E-state index contributed by atoms with van der Waals surface area (Å²) < 4.78 is 19.2. The number of ether oxygens (including phenoxy) is 1. The maximum absolute atomic E-state index is 14.1. The van der Waals surface area contributed by atoms with Gasteiger partial charge in [0.2, 0.25) is 5.91 Å². The largest absolute Gasteiger partial charge is 0.450 e. The number of hydrogen-bond donors (Lipinski definition) is 0. The zero-order chi connectivity index (χ0) is 20.5. The Morgan fingerprint density at radius 1 is 1.21 bits per heavy atom. The van der Waals surface area contributed by atoms with Gasteiger partial charge in [-0.25, -0.2) is 9.18 Å². The van der Waals surface area contributed by atoms with Crippen molar-refractivity contribution >= 4 is 12.0 Å². The van der Waals surface area contributed by atoms with E-state index in [1.54, 1.807) is 11.8 Å². The molecule has 0 bridgehead atoms. The van der Waals surface area contributed by atoms with Gasteiger partial charge in [0.15, 0.2) is 0 Å². The molecule has 0 N–H and O–H groups in total. The van der Waals surface area contributed by atoms with Gasteiger partial charge in [0.1, 0.15) is 5.67 Å². The van der Waals surface area contributed by atoms with Gasteiger partial charge < -0.3 is 19.4 Å². The first kappa shape index (κ1) is 21.3. The first-order chi connectivity index (χ1) is 13.1. The molecule has 0 atom stereocenters. The first-order valence-corrected chi connectivity index (χ1v) is 10.7. The number of likely N-dealkylation sites (tertiary alicyclic amines) is 2. The van der Waals surface area contributed by atoms with Gasteiger partial charge in [-0.2, -0.15) is 0 Å². The third kappa shape index (κ3) is 4.78. The van der Waals surface area contributed by atoms with Crippen LogP contribution in [0.15, 0.2) is 0 Å². The summed E-state index contributed by atoms with van der Waals surface area (Å²) in [5, 5.41) is 0. The lowest BCUT2D eigenvalue weighted by Gasteiger charge is -2.52. The smallest absolute Gasteiger partial charge is 0.409 e. The zero-order valence-corrected chi connectivity index (χ0v) is 17.9. The molecule has 1 saturated carbocycles. The van der Waals surface area contributed by atoms with Crippen LogP contribution in [0.2, 0.25) is 0 Å². The topological polar surface area (TPSA) is 53.1 Å². The number of nitrogens with zero attached hydrogens (tertiary/aromatic N) is 3. The van der Waals surface area contributed by atoms with Crippen LogP contribution in [0.3, 0.4) is 0 Å². The van der Waals surface area contributed by atoms with Crippen molar-refractivity contribution in [3.8, 4) is 0 Å². The first-order valence-electron chi connectivity index (χ1n) is 10.7. The molecule has 3 aliphatic rings. The maximum atomic E-state index is 14.1. The Hall–Kier alpha value is -1.37. The van der Waals surface area contributed by atoms with Gasteiger partial charge in [0, 0.05) is 45.2 Å². The molecule has 0 aromatic heterocycles. The van der Waals surface area contributed by atoms with E-state index in [9.17, 15) is 14.0 Å². The van der Waals surface area contributed by atoms with Crippen LogP contribution in [0.4, 0.5) is 9.18 Å². The molecule has 3 fully saturated rings. The standard InChI is InChI=1S/C21H36FN3O3/c1-5-28-19(27)24-11-8-21(15-24)12-18(13-21)23-9-6-17(7-10-23)25(16(2)26)14-20(3,4)22/h17-18H,5-15H2,1-4H3. The van der Waals surface area contributed by atoms with Crippen LogP contribution < -0.4 is 0 Å². The highest BCUT2D eigenvalue weighted by molar-refractivity contribution is 5.73. The third-order valence-electron chi connectivity index (χ3n) is 6.71. The van der Waals surface area contributed by atoms with E-state index in [1.807, 2.05) is 11.8 Å². The van der Waals surface area contributed by atoms with Gasteiger partial charge >= 0.3 is 6.09 Å². The molecule has 2 amide bonds. The second-order valence-corrected chi connectivity index (χ2v) is 9.57. The molecule has 0 radical (unpaired) electrons. The fourth-order valence-electron chi connectivity index (χ4n) is 5.30. The Bertz CT molecular complexity index is 578. The van der Waals surface area contributed by atoms with Gasteiger partial charge in [-0.05, 0) is 58.3 Å². The van der Waals surface area contributed by atoms with E-state index >= 15 is 0 Å². The molecule has 2 saturated heterocycles. The monoisotopic (exact) mass is 397 g/mol. The molecule has 7 heteroatoms. The van der Waals surface area contributed by atoms with E-state index in [0.717, 1.165) is 58.3 Å². The quantitative estimate of drug-likeness (QED) is 0.716. The van der Waals surface area contributed by atoms with Crippen LogP contribution in [0.25, 0.3) is 0 Å². The minimum Gasteiger partial charge on any atom is -0.450 e. The van der Waals surface area contributed by atoms with Crippen molar-refractivity contribution in [1.29, 1.82) is 0 Å². The highest BCUT2D eigenvalue weighted by atomic mass is 19.1. The summed E-state index contributed by atoms with van der Waals surface area (Å²) in [7, 11) is 0. The fraction of sp³-hybridized carbons (Fsp3) is 0.905. The van der Waals surface area contributed by atoms with Crippen molar-refractivity contribution in [1.82, 2.24) is 14.7 Å². The predicted molar refractivity (Wildman–Crippen MR) is 106 cm³/mol. The second kappa shape index (κ2) is 8.17. The van der Waals surface area contributed by atoms with Crippen molar-refractivity contribution in [2.45, 2.75) is 77.6 Å². The Kier molecular flexibility index (Phi) is 6.23. The van der Waals surface area contributed by atoms with Gasteiger partial charge in [-0.3, -0.25) is 4.79 Å². The van der Waals surface area contributed by atoms with E-state index in [1.165, 1.54) is 13.8 Å². The third-order valence-corrected chi connectivity index (χ3v) is 6.71. The Labute approximate surface area is 168 Å². The average molecular weight is 398 g/mol. The molecular formula is C21H36FN3O3. The Morgan fingerprint density at radius 2 is 1.86 bits per heavy atom. The summed E-state index contributed by atoms with van der Waals surface area (Å²) in [6.07, 6.45) is 5.00. The molecule has 0 aromatic carbocycles. The number of piperidine rings is 1. The molecule has 0 unspecified atom stereocenters. The molecule has 3 rings (SSSR count). The predicted octanol–water partition coefficient (Wildman–Crippen LogP) is 3.06. The minimum absolute atomic E-state index is 0.0308. The van der Waals surface area contributed by atoms with Crippen molar-refractivity contribution in [2.75, 3.05) is 39.3 Å². The van der Waals surface area contributed by atoms with Crippen molar-refractivity contribution in [3.63, 3.8) is 0 Å². The molecule has 1 spiro atoms. The Balaban J connectivity index is 1.46.